The zero-order valence-electron chi connectivity index (χ0n) is 11.2. The maximum Gasteiger partial charge on any atom is 0.258 e. The number of nitrogen functional groups attached to an aromatic ring is 1. The van der Waals surface area contributed by atoms with Gasteiger partial charge in [-0.2, -0.15) is 19.5 Å². The molecule has 9 nitrogen and oxygen atoms in total. The van der Waals surface area contributed by atoms with E-state index in [1.54, 1.807) is 12.3 Å². The zero-order valence-corrected chi connectivity index (χ0v) is 12.0. The lowest BCUT2D eigenvalue weighted by atomic mass is 10.2. The number of fused-ring (bicyclic) bond motifs is 1. The third kappa shape index (κ3) is 2.40. The molecule has 0 aliphatic heterocycles. The summed E-state index contributed by atoms with van der Waals surface area (Å²) < 4.78 is 24.2. The van der Waals surface area contributed by atoms with Crippen LogP contribution in [0.15, 0.2) is 23.5 Å². The van der Waals surface area contributed by atoms with Crippen molar-refractivity contribution in [1.29, 1.82) is 0 Å². The molecule has 10 heteroatoms. The Morgan fingerprint density at radius 1 is 1.24 bits per heavy atom. The molecule has 0 saturated heterocycles. The van der Waals surface area contributed by atoms with Gasteiger partial charge in [0, 0.05) is 12.5 Å². The lowest BCUT2D eigenvalue weighted by molar-refractivity contribution is 0.592. The molecule has 2 N–H and O–H groups in total. The Labute approximate surface area is 119 Å². The first-order valence-corrected chi connectivity index (χ1v) is 7.77. The van der Waals surface area contributed by atoms with E-state index in [9.17, 15) is 8.42 Å². The quantitative estimate of drug-likeness (QED) is 0.693. The van der Waals surface area contributed by atoms with E-state index in [2.05, 4.69) is 25.0 Å². The van der Waals surface area contributed by atoms with Gasteiger partial charge in [-0.15, -0.1) is 5.10 Å². The van der Waals surface area contributed by atoms with Crippen molar-refractivity contribution in [2.45, 2.75) is 12.1 Å². The smallest absolute Gasteiger partial charge is 0.258 e. The van der Waals surface area contributed by atoms with Crippen molar-refractivity contribution in [2.75, 3.05) is 12.0 Å². The van der Waals surface area contributed by atoms with E-state index in [0.29, 0.717) is 11.5 Å². The van der Waals surface area contributed by atoms with Crippen molar-refractivity contribution >= 4 is 21.6 Å². The minimum atomic E-state index is -3.58. The second-order valence-corrected chi connectivity index (χ2v) is 6.41. The van der Waals surface area contributed by atoms with Crippen LogP contribution >= 0.6 is 0 Å². The van der Waals surface area contributed by atoms with Crippen LogP contribution in [-0.2, 0) is 9.84 Å². The van der Waals surface area contributed by atoms with E-state index in [1.165, 1.54) is 4.52 Å². The monoisotopic (exact) mass is 305 g/mol. The van der Waals surface area contributed by atoms with Crippen molar-refractivity contribution < 1.29 is 8.42 Å². The SMILES string of the molecule is Cc1ccnc(-c2nc3nc(S(C)(=O)=O)nc(N)n3n2)c1. The Hall–Kier alpha value is -2.62. The van der Waals surface area contributed by atoms with E-state index in [4.69, 9.17) is 5.73 Å². The summed E-state index contributed by atoms with van der Waals surface area (Å²) in [6.07, 6.45) is 2.63. The van der Waals surface area contributed by atoms with Gasteiger partial charge in [0.1, 0.15) is 5.69 Å². The third-order valence-corrected chi connectivity index (χ3v) is 3.53. The highest BCUT2D eigenvalue weighted by atomic mass is 32.2. The highest BCUT2D eigenvalue weighted by Gasteiger charge is 2.18. The van der Waals surface area contributed by atoms with Gasteiger partial charge in [0.05, 0.1) is 0 Å². The van der Waals surface area contributed by atoms with Crippen molar-refractivity contribution in [3.63, 3.8) is 0 Å². The number of sulfone groups is 1. The molecule has 0 bridgehead atoms. The molecule has 0 aliphatic carbocycles. The molecule has 3 aromatic heterocycles. The Morgan fingerprint density at radius 3 is 2.67 bits per heavy atom. The van der Waals surface area contributed by atoms with Crippen LogP contribution in [-0.4, -0.2) is 44.2 Å². The Kier molecular flexibility index (Phi) is 2.83. The van der Waals surface area contributed by atoms with Crippen LogP contribution in [0.4, 0.5) is 5.95 Å². The van der Waals surface area contributed by atoms with Gasteiger partial charge in [-0.1, -0.05) is 0 Å². The molecule has 0 radical (unpaired) electrons. The van der Waals surface area contributed by atoms with Gasteiger partial charge in [0.25, 0.3) is 10.9 Å². The second-order valence-electron chi connectivity index (χ2n) is 4.50. The zero-order chi connectivity index (χ0) is 15.2. The number of anilines is 1. The van der Waals surface area contributed by atoms with E-state index in [-0.39, 0.29) is 16.9 Å². The van der Waals surface area contributed by atoms with E-state index >= 15 is 0 Å². The van der Waals surface area contributed by atoms with Crippen molar-refractivity contribution in [3.8, 4) is 11.5 Å². The van der Waals surface area contributed by atoms with E-state index in [1.807, 2.05) is 13.0 Å². The first-order valence-electron chi connectivity index (χ1n) is 5.88. The molecule has 0 amide bonds. The van der Waals surface area contributed by atoms with Gasteiger partial charge in [-0.25, -0.2) is 8.42 Å². The summed E-state index contributed by atoms with van der Waals surface area (Å²) in [5.41, 5.74) is 7.24. The normalized spacial score (nSPS) is 11.9. The van der Waals surface area contributed by atoms with Gasteiger partial charge >= 0.3 is 0 Å². The number of hydrogen-bond donors (Lipinski definition) is 1. The third-order valence-electron chi connectivity index (χ3n) is 2.69. The Balaban J connectivity index is 2.23. The topological polar surface area (TPSA) is 129 Å². The van der Waals surface area contributed by atoms with Crippen LogP contribution in [0.3, 0.4) is 0 Å². The molecular formula is C11H11N7O2S. The van der Waals surface area contributed by atoms with Crippen LogP contribution < -0.4 is 5.73 Å². The van der Waals surface area contributed by atoms with Crippen molar-refractivity contribution in [2.24, 2.45) is 0 Å². The number of pyridine rings is 1. The lowest BCUT2D eigenvalue weighted by Crippen LogP contribution is -2.11. The molecule has 3 heterocycles. The highest BCUT2D eigenvalue weighted by Crippen LogP contribution is 2.16. The molecule has 3 rings (SSSR count). The molecule has 0 saturated carbocycles. The molecule has 0 fully saturated rings. The minimum absolute atomic E-state index is 0.0567. The fraction of sp³-hybridized carbons (Fsp3) is 0.182. The summed E-state index contributed by atoms with van der Waals surface area (Å²) in [7, 11) is -3.58. The average molecular weight is 305 g/mol. The summed E-state index contributed by atoms with van der Waals surface area (Å²) in [6, 6.07) is 3.64. The number of hydrogen-bond acceptors (Lipinski definition) is 8. The summed E-state index contributed by atoms with van der Waals surface area (Å²) in [5, 5.41) is 3.76. The summed E-state index contributed by atoms with van der Waals surface area (Å²) in [4.78, 5) is 15.9. The fourth-order valence-electron chi connectivity index (χ4n) is 1.72. The second kappa shape index (κ2) is 4.45. The van der Waals surface area contributed by atoms with E-state index in [0.717, 1.165) is 11.8 Å². The van der Waals surface area contributed by atoms with E-state index < -0.39 is 9.84 Å². The maximum atomic E-state index is 11.5. The summed E-state index contributed by atoms with van der Waals surface area (Å²) in [6.45, 7) is 1.91. The largest absolute Gasteiger partial charge is 0.368 e. The summed E-state index contributed by atoms with van der Waals surface area (Å²) >= 11 is 0. The number of nitrogens with zero attached hydrogens (tertiary/aromatic N) is 6. The number of aromatic nitrogens is 6. The van der Waals surface area contributed by atoms with Crippen LogP contribution in [0.1, 0.15) is 5.56 Å². The van der Waals surface area contributed by atoms with Gasteiger partial charge in [0.2, 0.25) is 21.6 Å². The van der Waals surface area contributed by atoms with Gasteiger partial charge in [0.15, 0.2) is 0 Å². The van der Waals surface area contributed by atoms with Gasteiger partial charge < -0.3 is 5.73 Å². The number of aryl methyl sites for hydroxylation is 1. The maximum absolute atomic E-state index is 11.5. The van der Waals surface area contributed by atoms with Crippen LogP contribution in [0.2, 0.25) is 0 Å². The number of nitrogens with two attached hydrogens (primary N) is 1. The fourth-order valence-corrected chi connectivity index (χ4v) is 2.23. The van der Waals surface area contributed by atoms with Gasteiger partial charge in [-0.3, -0.25) is 4.98 Å². The first kappa shape index (κ1) is 13.4. The summed E-state index contributed by atoms with van der Waals surface area (Å²) in [5.74, 6) is 0.249. The molecule has 0 spiro atoms. The first-order chi connectivity index (χ1) is 9.84. The predicted octanol–water partition coefficient (Wildman–Crippen LogP) is -0.125. The molecule has 108 valence electrons. The molecule has 3 aromatic rings. The standard InChI is InChI=1S/C11H11N7O2S/c1-6-3-4-13-7(5-6)8-14-10-16-11(21(2,19)20)15-9(12)18(10)17-8/h3-5H,1-2H3,(H2,12,14,15,16,17). The average Bonchev–Trinajstić information content (AvgIpc) is 2.82. The highest BCUT2D eigenvalue weighted by molar-refractivity contribution is 7.90. The molecule has 0 atom stereocenters. The van der Waals surface area contributed by atoms with Crippen molar-refractivity contribution in [1.82, 2.24) is 29.5 Å². The number of rotatable bonds is 2. The molecule has 0 aromatic carbocycles. The van der Waals surface area contributed by atoms with Gasteiger partial charge in [-0.05, 0) is 24.6 Å². The molecule has 0 aliphatic rings. The minimum Gasteiger partial charge on any atom is -0.368 e. The lowest BCUT2D eigenvalue weighted by Gasteiger charge is -1.99. The van der Waals surface area contributed by atoms with Crippen molar-refractivity contribution in [3.05, 3.63) is 23.9 Å². The van der Waals surface area contributed by atoms with Crippen LogP contribution in [0.5, 0.6) is 0 Å². The molecule has 0 unspecified atom stereocenters. The molecule has 21 heavy (non-hydrogen) atoms. The predicted molar refractivity (Wildman–Crippen MR) is 74.1 cm³/mol. The Morgan fingerprint density at radius 2 is 2.00 bits per heavy atom. The van der Waals surface area contributed by atoms with Crippen LogP contribution in [0, 0.1) is 6.92 Å². The Bertz CT molecular complexity index is 948. The van der Waals surface area contributed by atoms with Crippen LogP contribution in [0.25, 0.3) is 17.3 Å². The molecular weight excluding hydrogens is 294 g/mol.